The molecule has 11 nitrogen and oxygen atoms in total. The Labute approximate surface area is 238 Å². The fraction of sp³-hybridized carbons (Fsp3) is 0.259. The topological polar surface area (TPSA) is 138 Å². The molecule has 0 saturated carbocycles. The first-order valence-corrected chi connectivity index (χ1v) is 15.2. The van der Waals surface area contributed by atoms with Gasteiger partial charge in [0.05, 0.1) is 24.7 Å². The van der Waals surface area contributed by atoms with Crippen molar-refractivity contribution in [3.63, 3.8) is 0 Å². The molecule has 1 aromatic heterocycles. The van der Waals surface area contributed by atoms with E-state index in [1.54, 1.807) is 43.7 Å². The maximum atomic E-state index is 12.8. The molecule has 0 aliphatic carbocycles. The first-order valence-electron chi connectivity index (χ1n) is 12.3. The Kier molecular flexibility index (Phi) is 10.7. The van der Waals surface area contributed by atoms with Gasteiger partial charge in [0.25, 0.3) is 0 Å². The largest absolute Gasteiger partial charge is 0.495 e. The minimum Gasteiger partial charge on any atom is -0.495 e. The molecular weight excluding hydrogens is 553 g/mol. The molecule has 2 amide bonds. The van der Waals surface area contributed by atoms with Gasteiger partial charge in [0, 0.05) is 36.2 Å². The predicted octanol–water partition coefficient (Wildman–Crippen LogP) is 4.05. The van der Waals surface area contributed by atoms with Gasteiger partial charge in [-0.2, -0.15) is 4.98 Å². The Morgan fingerprint density at radius 3 is 2.48 bits per heavy atom. The maximum absolute atomic E-state index is 12.8. The first kappa shape index (κ1) is 30.6. The second-order valence-corrected chi connectivity index (χ2v) is 12.9. The van der Waals surface area contributed by atoms with E-state index in [0.29, 0.717) is 47.0 Å². The molecule has 1 heterocycles. The smallest absolute Gasteiger partial charge is 0.248 e. The van der Waals surface area contributed by atoms with Crippen molar-refractivity contribution < 1.29 is 18.9 Å². The summed E-state index contributed by atoms with van der Waals surface area (Å²) in [6, 6.07) is 12.2. The summed E-state index contributed by atoms with van der Waals surface area (Å²) in [5, 5.41) is 12.6. The second kappa shape index (κ2) is 13.9. The summed E-state index contributed by atoms with van der Waals surface area (Å²) in [5.74, 6) is 0.164. The normalized spacial score (nSPS) is 11.4. The minimum absolute atomic E-state index is 0.205. The number of ether oxygens (including phenoxy) is 1. The molecule has 3 rings (SSSR count). The fourth-order valence-corrected chi connectivity index (χ4v) is 4.79. The lowest BCUT2D eigenvalue weighted by Gasteiger charge is -2.16. The number of para-hydroxylation sites is 1. The van der Waals surface area contributed by atoms with Gasteiger partial charge < -0.3 is 35.5 Å². The van der Waals surface area contributed by atoms with Crippen molar-refractivity contribution in [3.8, 4) is 5.75 Å². The van der Waals surface area contributed by atoms with Gasteiger partial charge >= 0.3 is 0 Å². The summed E-state index contributed by atoms with van der Waals surface area (Å²) in [6.45, 7) is 4.54. The number of carbonyl (C=O) groups excluding carboxylic acids is 2. The van der Waals surface area contributed by atoms with Crippen LogP contribution >= 0.6 is 18.7 Å². The summed E-state index contributed by atoms with van der Waals surface area (Å²) >= 11 is 6.36. The Morgan fingerprint density at radius 2 is 1.77 bits per heavy atom. The van der Waals surface area contributed by atoms with E-state index < -0.39 is 13.0 Å². The van der Waals surface area contributed by atoms with E-state index in [9.17, 15) is 14.2 Å². The Morgan fingerprint density at radius 1 is 1.05 bits per heavy atom. The van der Waals surface area contributed by atoms with Crippen molar-refractivity contribution in [3.05, 3.63) is 65.8 Å². The maximum Gasteiger partial charge on any atom is 0.248 e. The van der Waals surface area contributed by atoms with E-state index in [1.807, 2.05) is 31.1 Å². The Hall–Kier alpha value is -3.92. The minimum atomic E-state index is -2.57. The van der Waals surface area contributed by atoms with Crippen LogP contribution in [0.5, 0.6) is 5.75 Å². The summed E-state index contributed by atoms with van der Waals surface area (Å²) < 4.78 is 18.2. The summed E-state index contributed by atoms with van der Waals surface area (Å²) in [4.78, 5) is 34.9. The molecule has 0 saturated heterocycles. The lowest BCUT2D eigenvalue weighted by Crippen LogP contribution is -2.30. The van der Waals surface area contributed by atoms with Gasteiger partial charge in [-0.3, -0.25) is 9.59 Å². The van der Waals surface area contributed by atoms with E-state index in [0.717, 1.165) is 6.08 Å². The molecule has 3 aromatic rings. The number of rotatable bonds is 12. The molecule has 0 aliphatic rings. The van der Waals surface area contributed by atoms with Crippen LogP contribution in [0.25, 0.3) is 0 Å². The van der Waals surface area contributed by atoms with Crippen LogP contribution in [-0.2, 0) is 14.2 Å². The van der Waals surface area contributed by atoms with Gasteiger partial charge in [0.2, 0.25) is 17.8 Å². The van der Waals surface area contributed by atoms with Crippen LogP contribution in [0, 0.1) is 0 Å². The van der Waals surface area contributed by atoms with Crippen molar-refractivity contribution in [2.45, 2.75) is 0 Å². The molecule has 2 aromatic carbocycles. The number of amides is 2. The molecule has 212 valence electrons. The van der Waals surface area contributed by atoms with E-state index in [-0.39, 0.29) is 16.9 Å². The van der Waals surface area contributed by atoms with Gasteiger partial charge in [0.15, 0.2) is 5.82 Å². The Bertz CT molecular complexity index is 1440. The number of nitrogens with zero attached hydrogens (tertiary/aromatic N) is 3. The number of carbonyl (C=O) groups is 2. The number of halogens is 1. The van der Waals surface area contributed by atoms with Crippen LogP contribution in [0.2, 0.25) is 5.02 Å². The monoisotopic (exact) mass is 585 g/mol. The molecular formula is C27H33ClN7O4P. The zero-order chi connectivity index (χ0) is 29.3. The molecule has 0 spiro atoms. The second-order valence-electron chi connectivity index (χ2n) is 9.34. The number of aromatic nitrogens is 2. The third-order valence-electron chi connectivity index (χ3n) is 5.44. The predicted molar refractivity (Wildman–Crippen MR) is 161 cm³/mol. The molecule has 13 heteroatoms. The zero-order valence-electron chi connectivity index (χ0n) is 23.0. The molecule has 0 atom stereocenters. The SMILES string of the molecule is COc1ccc(NC(=O)C=CC(=O)NCCN(C)C)cc1Nc1ncc(Cl)c(Nc2ccccc2P(C)(C)=O)n1. The number of methoxy groups -OCH3 is 1. The van der Waals surface area contributed by atoms with E-state index in [2.05, 4.69) is 31.2 Å². The number of hydrogen-bond acceptors (Lipinski definition) is 9. The van der Waals surface area contributed by atoms with Crippen LogP contribution in [-0.4, -0.2) is 74.3 Å². The third-order valence-corrected chi connectivity index (χ3v) is 7.27. The van der Waals surface area contributed by atoms with Crippen molar-refractivity contribution in [2.75, 3.05) is 63.6 Å². The molecule has 0 fully saturated rings. The molecule has 0 radical (unpaired) electrons. The van der Waals surface area contributed by atoms with Gasteiger partial charge in [-0.05, 0) is 57.8 Å². The molecule has 0 aliphatic heterocycles. The standard InChI is InChI=1S/C27H33ClN7O4P/c1-35(2)15-14-29-24(36)12-13-25(37)31-18-10-11-22(39-3)21(16-18)33-27-30-17-19(28)26(34-27)32-20-8-6-7-9-23(20)40(4,5)38/h6-13,16-17H,14-15H2,1-5H3,(H,29,36)(H,31,37)(H2,30,32,33,34). The first-order chi connectivity index (χ1) is 19.0. The molecule has 4 N–H and O–H groups in total. The van der Waals surface area contributed by atoms with Gasteiger partial charge in [-0.1, -0.05) is 23.7 Å². The van der Waals surface area contributed by atoms with Crippen LogP contribution < -0.4 is 31.3 Å². The average molecular weight is 586 g/mol. The quantitative estimate of drug-likeness (QED) is 0.183. The van der Waals surface area contributed by atoms with E-state index in [4.69, 9.17) is 16.3 Å². The Balaban J connectivity index is 1.75. The molecule has 0 bridgehead atoms. The van der Waals surface area contributed by atoms with E-state index >= 15 is 0 Å². The van der Waals surface area contributed by atoms with Crippen molar-refractivity contribution >= 4 is 64.7 Å². The number of likely N-dealkylation sites (N-methyl/N-ethyl adjacent to an activating group) is 1. The molecule has 40 heavy (non-hydrogen) atoms. The van der Waals surface area contributed by atoms with Crippen molar-refractivity contribution in [1.29, 1.82) is 0 Å². The van der Waals surface area contributed by atoms with Gasteiger partial charge in [-0.25, -0.2) is 4.98 Å². The highest BCUT2D eigenvalue weighted by molar-refractivity contribution is 7.70. The summed E-state index contributed by atoms with van der Waals surface area (Å²) in [6.07, 6.45) is 3.77. The third kappa shape index (κ3) is 9.08. The van der Waals surface area contributed by atoms with Crippen LogP contribution in [0.15, 0.2) is 60.8 Å². The van der Waals surface area contributed by atoms with Crippen molar-refractivity contribution in [1.82, 2.24) is 20.2 Å². The summed E-state index contributed by atoms with van der Waals surface area (Å²) in [5.41, 5.74) is 1.56. The number of anilines is 5. The lowest BCUT2D eigenvalue weighted by atomic mass is 10.2. The van der Waals surface area contributed by atoms with Crippen LogP contribution in [0.4, 0.5) is 28.8 Å². The number of nitrogens with one attached hydrogen (secondary N) is 4. The summed E-state index contributed by atoms with van der Waals surface area (Å²) in [7, 11) is 2.75. The van der Waals surface area contributed by atoms with Crippen LogP contribution in [0.3, 0.4) is 0 Å². The number of benzene rings is 2. The number of hydrogen-bond donors (Lipinski definition) is 4. The van der Waals surface area contributed by atoms with Gasteiger partial charge in [0.1, 0.15) is 17.9 Å². The molecule has 0 unspecified atom stereocenters. The van der Waals surface area contributed by atoms with Crippen molar-refractivity contribution in [2.24, 2.45) is 0 Å². The van der Waals surface area contributed by atoms with Gasteiger partial charge in [-0.15, -0.1) is 0 Å². The highest BCUT2D eigenvalue weighted by Gasteiger charge is 2.17. The fourth-order valence-electron chi connectivity index (χ4n) is 3.49. The average Bonchev–Trinajstić information content (AvgIpc) is 2.89. The van der Waals surface area contributed by atoms with E-state index in [1.165, 1.54) is 19.4 Å². The highest BCUT2D eigenvalue weighted by atomic mass is 35.5. The highest BCUT2D eigenvalue weighted by Crippen LogP contribution is 2.39. The lowest BCUT2D eigenvalue weighted by molar-refractivity contribution is -0.117. The zero-order valence-corrected chi connectivity index (χ0v) is 24.6. The van der Waals surface area contributed by atoms with Crippen LogP contribution in [0.1, 0.15) is 0 Å².